The third-order valence-electron chi connectivity index (χ3n) is 8.14. The van der Waals surface area contributed by atoms with Crippen LogP contribution in [0.15, 0.2) is 148 Å². The van der Waals surface area contributed by atoms with E-state index in [-0.39, 0.29) is 0 Å². The lowest BCUT2D eigenvalue weighted by Gasteiger charge is -2.10. The van der Waals surface area contributed by atoms with Crippen molar-refractivity contribution in [3.05, 3.63) is 140 Å². The molecule has 44 heavy (non-hydrogen) atoms. The maximum atomic E-state index is 6.18. The van der Waals surface area contributed by atoms with Gasteiger partial charge in [-0.1, -0.05) is 97.1 Å². The first kappa shape index (κ1) is 24.5. The highest BCUT2D eigenvalue weighted by Crippen LogP contribution is 2.35. The second-order valence-electron chi connectivity index (χ2n) is 10.9. The summed E-state index contributed by atoms with van der Waals surface area (Å²) in [6.45, 7) is 0. The third-order valence-corrected chi connectivity index (χ3v) is 8.14. The highest BCUT2D eigenvalue weighted by molar-refractivity contribution is 6.06. The maximum Gasteiger partial charge on any atom is 0.164 e. The fourth-order valence-corrected chi connectivity index (χ4v) is 5.96. The van der Waals surface area contributed by atoms with Gasteiger partial charge in [0.1, 0.15) is 22.3 Å². The number of hydrogen-bond donors (Lipinski definition) is 0. The van der Waals surface area contributed by atoms with Crippen molar-refractivity contribution in [1.82, 2.24) is 15.0 Å². The van der Waals surface area contributed by atoms with Crippen molar-refractivity contribution in [3.63, 3.8) is 0 Å². The molecule has 3 aromatic heterocycles. The molecule has 0 saturated heterocycles. The van der Waals surface area contributed by atoms with Gasteiger partial charge >= 0.3 is 0 Å². The van der Waals surface area contributed by atoms with Crippen LogP contribution in [-0.4, -0.2) is 15.0 Å². The van der Waals surface area contributed by atoms with Crippen molar-refractivity contribution in [2.75, 3.05) is 0 Å². The second-order valence-corrected chi connectivity index (χ2v) is 10.9. The minimum Gasteiger partial charge on any atom is -0.456 e. The molecule has 0 saturated carbocycles. The summed E-state index contributed by atoms with van der Waals surface area (Å²) in [4.78, 5) is 14.9. The summed E-state index contributed by atoms with van der Waals surface area (Å²) >= 11 is 0. The Kier molecular flexibility index (Phi) is 5.43. The minimum absolute atomic E-state index is 0.588. The van der Waals surface area contributed by atoms with Crippen LogP contribution in [0, 0.1) is 0 Å². The molecule has 5 heteroatoms. The molecule has 0 radical (unpaired) electrons. The van der Waals surface area contributed by atoms with Gasteiger partial charge < -0.3 is 8.83 Å². The Bertz CT molecular complexity index is 2510. The van der Waals surface area contributed by atoms with Crippen LogP contribution < -0.4 is 0 Å². The predicted octanol–water partition coefficient (Wildman–Crippen LogP) is 10.3. The van der Waals surface area contributed by atoms with E-state index in [1.165, 1.54) is 0 Å². The summed E-state index contributed by atoms with van der Waals surface area (Å²) in [7, 11) is 0. The average Bonchev–Trinajstić information content (AvgIpc) is 3.66. The molecule has 0 aliphatic heterocycles. The highest BCUT2D eigenvalue weighted by Gasteiger charge is 2.15. The van der Waals surface area contributed by atoms with E-state index < -0.39 is 0 Å². The lowest BCUT2D eigenvalue weighted by atomic mass is 10.0. The van der Waals surface area contributed by atoms with Gasteiger partial charge in [-0.3, -0.25) is 0 Å². The van der Waals surface area contributed by atoms with Crippen LogP contribution in [-0.2, 0) is 0 Å². The van der Waals surface area contributed by atoms with E-state index in [9.17, 15) is 0 Å². The molecule has 0 unspecified atom stereocenters. The molecule has 5 nitrogen and oxygen atoms in total. The van der Waals surface area contributed by atoms with Crippen molar-refractivity contribution in [2.24, 2.45) is 0 Å². The van der Waals surface area contributed by atoms with E-state index in [4.69, 9.17) is 23.8 Å². The number of furan rings is 2. The van der Waals surface area contributed by atoms with Gasteiger partial charge in [-0.15, -0.1) is 0 Å². The number of fused-ring (bicyclic) bond motifs is 6. The molecule has 0 aliphatic rings. The van der Waals surface area contributed by atoms with Gasteiger partial charge in [-0.05, 0) is 53.6 Å². The Hall–Kier alpha value is -6.07. The van der Waals surface area contributed by atoms with Crippen LogP contribution in [0.5, 0.6) is 0 Å². The molecule has 6 aromatic carbocycles. The van der Waals surface area contributed by atoms with Crippen LogP contribution in [0.2, 0.25) is 0 Å². The zero-order valence-corrected chi connectivity index (χ0v) is 23.4. The summed E-state index contributed by atoms with van der Waals surface area (Å²) in [6, 6.07) is 47.1. The Morgan fingerprint density at radius 1 is 0.295 bits per heavy atom. The van der Waals surface area contributed by atoms with Crippen molar-refractivity contribution >= 4 is 43.9 Å². The Morgan fingerprint density at radius 2 is 0.727 bits per heavy atom. The average molecular weight is 566 g/mol. The zero-order chi connectivity index (χ0) is 29.0. The van der Waals surface area contributed by atoms with Crippen LogP contribution >= 0.6 is 0 Å². The standard InChI is InChI=1S/C39H23N3O2/c1-2-9-24(10-3-1)37-40-38(42-39(41-37)28-18-20-32-30-14-5-7-16-34(30)44-36(32)23-28)27-12-8-11-25(21-27)26-17-19-31-29-13-4-6-15-33(29)43-35(31)22-26/h1-23H. The smallest absolute Gasteiger partial charge is 0.164 e. The van der Waals surface area contributed by atoms with Crippen molar-refractivity contribution in [3.8, 4) is 45.3 Å². The number of hydrogen-bond acceptors (Lipinski definition) is 5. The largest absolute Gasteiger partial charge is 0.456 e. The molecule has 9 aromatic rings. The van der Waals surface area contributed by atoms with E-state index in [1.54, 1.807) is 0 Å². The van der Waals surface area contributed by atoms with E-state index in [2.05, 4.69) is 54.6 Å². The van der Waals surface area contributed by atoms with Gasteiger partial charge in [0.15, 0.2) is 17.5 Å². The highest BCUT2D eigenvalue weighted by atomic mass is 16.3. The van der Waals surface area contributed by atoms with Crippen molar-refractivity contribution < 1.29 is 8.83 Å². The summed E-state index contributed by atoms with van der Waals surface area (Å²) in [5.41, 5.74) is 8.22. The maximum absolute atomic E-state index is 6.18. The SMILES string of the molecule is c1ccc(-c2nc(-c3cccc(-c4ccc5c(c4)oc4ccccc45)c3)nc(-c3ccc4c(c3)oc3ccccc34)n2)cc1. The number of benzene rings is 6. The van der Waals surface area contributed by atoms with Gasteiger partial charge in [0.25, 0.3) is 0 Å². The fourth-order valence-electron chi connectivity index (χ4n) is 5.96. The first-order valence-electron chi connectivity index (χ1n) is 14.5. The molecule has 0 amide bonds. The Labute approximate surface area is 252 Å². The van der Waals surface area contributed by atoms with E-state index in [0.29, 0.717) is 17.5 Å². The molecule has 0 aliphatic carbocycles. The van der Waals surface area contributed by atoms with Gasteiger partial charge in [0.05, 0.1) is 0 Å². The summed E-state index contributed by atoms with van der Waals surface area (Å²) in [5, 5.41) is 4.38. The van der Waals surface area contributed by atoms with Gasteiger partial charge in [-0.25, -0.2) is 15.0 Å². The van der Waals surface area contributed by atoms with Gasteiger partial charge in [0.2, 0.25) is 0 Å². The molecular weight excluding hydrogens is 542 g/mol. The van der Waals surface area contributed by atoms with Crippen molar-refractivity contribution in [2.45, 2.75) is 0 Å². The second kappa shape index (κ2) is 9.75. The summed E-state index contributed by atoms with van der Waals surface area (Å²) in [6.07, 6.45) is 0. The van der Waals surface area contributed by atoms with Crippen LogP contribution in [0.25, 0.3) is 89.2 Å². The molecule has 0 atom stereocenters. The molecule has 0 fully saturated rings. The first-order chi connectivity index (χ1) is 21.8. The number of rotatable bonds is 4. The number of aromatic nitrogens is 3. The van der Waals surface area contributed by atoms with Crippen LogP contribution in [0.4, 0.5) is 0 Å². The van der Waals surface area contributed by atoms with Crippen LogP contribution in [0.3, 0.4) is 0 Å². The predicted molar refractivity (Wildman–Crippen MR) is 176 cm³/mol. The van der Waals surface area contributed by atoms with E-state index >= 15 is 0 Å². The third kappa shape index (κ3) is 4.06. The monoisotopic (exact) mass is 565 g/mol. The topological polar surface area (TPSA) is 65.0 Å². The summed E-state index contributed by atoms with van der Waals surface area (Å²) in [5.74, 6) is 1.81. The lowest BCUT2D eigenvalue weighted by Crippen LogP contribution is -2.00. The van der Waals surface area contributed by atoms with Crippen molar-refractivity contribution in [1.29, 1.82) is 0 Å². The fraction of sp³-hybridized carbons (Fsp3) is 0. The van der Waals surface area contributed by atoms with E-state index in [1.807, 2.05) is 84.9 Å². The number of nitrogens with zero attached hydrogens (tertiary/aromatic N) is 3. The normalized spacial score (nSPS) is 11.6. The van der Waals surface area contributed by atoms with Gasteiger partial charge in [-0.2, -0.15) is 0 Å². The molecule has 0 bridgehead atoms. The molecule has 0 N–H and O–H groups in total. The Balaban J connectivity index is 1.18. The molecular formula is C39H23N3O2. The summed E-state index contributed by atoms with van der Waals surface area (Å²) < 4.78 is 12.3. The van der Waals surface area contributed by atoms with Gasteiger partial charge in [0, 0.05) is 38.2 Å². The Morgan fingerprint density at radius 3 is 1.39 bits per heavy atom. The molecule has 9 rings (SSSR count). The van der Waals surface area contributed by atoms with E-state index in [0.717, 1.165) is 71.7 Å². The molecule has 206 valence electrons. The minimum atomic E-state index is 0.588. The quantitative estimate of drug-likeness (QED) is 0.212. The molecule has 3 heterocycles. The number of para-hydroxylation sites is 2. The first-order valence-corrected chi connectivity index (χ1v) is 14.5. The lowest BCUT2D eigenvalue weighted by molar-refractivity contribution is 0.668. The molecule has 0 spiro atoms. The van der Waals surface area contributed by atoms with Crippen LogP contribution in [0.1, 0.15) is 0 Å². The zero-order valence-electron chi connectivity index (χ0n) is 23.4.